The summed E-state index contributed by atoms with van der Waals surface area (Å²) in [7, 11) is 0. The van der Waals surface area contributed by atoms with Crippen molar-refractivity contribution in [2.24, 2.45) is 11.8 Å². The van der Waals surface area contributed by atoms with Crippen LogP contribution in [-0.2, 0) is 16.1 Å². The second kappa shape index (κ2) is 7.50. The van der Waals surface area contributed by atoms with E-state index in [0.29, 0.717) is 18.0 Å². The van der Waals surface area contributed by atoms with E-state index in [1.54, 1.807) is 12.1 Å². The molecule has 136 valence electrons. The van der Waals surface area contributed by atoms with Gasteiger partial charge in [-0.1, -0.05) is 41.4 Å². The highest BCUT2D eigenvalue weighted by molar-refractivity contribution is 6.30. The highest BCUT2D eigenvalue weighted by atomic mass is 35.5. The molecule has 0 aliphatic heterocycles. The molecule has 0 radical (unpaired) electrons. The number of halogens is 1. The summed E-state index contributed by atoms with van der Waals surface area (Å²) in [6, 6.07) is 11.4. The maximum atomic E-state index is 12.5. The zero-order chi connectivity index (χ0) is 18.8. The van der Waals surface area contributed by atoms with Gasteiger partial charge in [0.15, 0.2) is 0 Å². The molecule has 2 unspecified atom stereocenters. The van der Waals surface area contributed by atoms with Crippen LogP contribution in [0.3, 0.4) is 0 Å². The Bertz CT molecular complexity index is 823. The molecule has 2 amide bonds. The molecule has 2 atom stereocenters. The maximum absolute atomic E-state index is 12.5. The molecule has 1 fully saturated rings. The molecule has 2 aromatic rings. The number of anilines is 1. The SMILES string of the molecule is Cc1cc(C)c(NC(=O)C2CC2C(=O)NCc2ccc(Cl)cc2)c(C)c1. The number of rotatable bonds is 5. The summed E-state index contributed by atoms with van der Waals surface area (Å²) in [5, 5.41) is 6.56. The number of amides is 2. The summed E-state index contributed by atoms with van der Waals surface area (Å²) >= 11 is 5.85. The average Bonchev–Trinajstić information content (AvgIpc) is 3.38. The smallest absolute Gasteiger partial charge is 0.228 e. The number of carbonyl (C=O) groups excluding carboxylic acids is 2. The second-order valence-electron chi connectivity index (χ2n) is 7.06. The van der Waals surface area contributed by atoms with Crippen molar-refractivity contribution in [3.63, 3.8) is 0 Å². The summed E-state index contributed by atoms with van der Waals surface area (Å²) < 4.78 is 0. The van der Waals surface area contributed by atoms with Crippen LogP contribution in [0.2, 0.25) is 5.02 Å². The minimum Gasteiger partial charge on any atom is -0.352 e. The first kappa shape index (κ1) is 18.5. The molecule has 0 bridgehead atoms. The van der Waals surface area contributed by atoms with Crippen LogP contribution >= 0.6 is 11.6 Å². The van der Waals surface area contributed by atoms with Gasteiger partial charge in [-0.3, -0.25) is 9.59 Å². The van der Waals surface area contributed by atoms with E-state index < -0.39 is 0 Å². The van der Waals surface area contributed by atoms with Crippen molar-refractivity contribution in [1.82, 2.24) is 5.32 Å². The fourth-order valence-electron chi connectivity index (χ4n) is 3.29. The van der Waals surface area contributed by atoms with Gasteiger partial charge in [0.25, 0.3) is 0 Å². The van der Waals surface area contributed by atoms with Crippen molar-refractivity contribution in [2.45, 2.75) is 33.7 Å². The third-order valence-electron chi connectivity index (χ3n) is 4.77. The molecule has 3 rings (SSSR count). The normalized spacial score (nSPS) is 18.3. The van der Waals surface area contributed by atoms with Crippen molar-refractivity contribution in [2.75, 3.05) is 5.32 Å². The Balaban J connectivity index is 1.53. The number of hydrogen-bond donors (Lipinski definition) is 2. The van der Waals surface area contributed by atoms with Crippen LogP contribution in [0, 0.1) is 32.6 Å². The van der Waals surface area contributed by atoms with Crippen molar-refractivity contribution in [3.8, 4) is 0 Å². The van der Waals surface area contributed by atoms with Gasteiger partial charge >= 0.3 is 0 Å². The number of nitrogens with one attached hydrogen (secondary N) is 2. The Labute approximate surface area is 158 Å². The van der Waals surface area contributed by atoms with Crippen LogP contribution in [0.1, 0.15) is 28.7 Å². The first-order valence-electron chi connectivity index (χ1n) is 8.76. The fourth-order valence-corrected chi connectivity index (χ4v) is 3.42. The molecule has 4 nitrogen and oxygen atoms in total. The van der Waals surface area contributed by atoms with E-state index in [1.807, 2.05) is 45.0 Å². The van der Waals surface area contributed by atoms with Crippen molar-refractivity contribution < 1.29 is 9.59 Å². The monoisotopic (exact) mass is 370 g/mol. The minimum atomic E-state index is -0.250. The number of benzene rings is 2. The molecule has 1 aliphatic carbocycles. The summed E-state index contributed by atoms with van der Waals surface area (Å²) in [5.74, 6) is -0.641. The Morgan fingerprint density at radius 3 is 2.19 bits per heavy atom. The average molecular weight is 371 g/mol. The standard InChI is InChI=1S/C21H23ClN2O2/c1-12-8-13(2)19(14(3)9-12)24-21(26)18-10-17(18)20(25)23-11-15-4-6-16(22)7-5-15/h4-9,17-18H,10-11H2,1-3H3,(H,23,25)(H,24,26). The van der Waals surface area contributed by atoms with Crippen molar-refractivity contribution >= 4 is 29.1 Å². The van der Waals surface area contributed by atoms with Crippen LogP contribution in [0.15, 0.2) is 36.4 Å². The van der Waals surface area contributed by atoms with Crippen LogP contribution in [0.4, 0.5) is 5.69 Å². The lowest BCUT2D eigenvalue weighted by Gasteiger charge is -2.13. The highest BCUT2D eigenvalue weighted by Gasteiger charge is 2.48. The lowest BCUT2D eigenvalue weighted by molar-refractivity contribution is -0.125. The zero-order valence-electron chi connectivity index (χ0n) is 15.2. The first-order valence-corrected chi connectivity index (χ1v) is 9.14. The van der Waals surface area contributed by atoms with E-state index in [4.69, 9.17) is 11.6 Å². The van der Waals surface area contributed by atoms with E-state index >= 15 is 0 Å². The Morgan fingerprint density at radius 1 is 1.00 bits per heavy atom. The van der Waals surface area contributed by atoms with Gasteiger partial charge in [0.2, 0.25) is 11.8 Å². The molecule has 26 heavy (non-hydrogen) atoms. The first-order chi connectivity index (χ1) is 12.3. The molecular formula is C21H23ClN2O2. The molecular weight excluding hydrogens is 348 g/mol. The Morgan fingerprint density at radius 2 is 1.58 bits per heavy atom. The van der Waals surface area contributed by atoms with E-state index in [1.165, 1.54) is 5.56 Å². The van der Waals surface area contributed by atoms with Gasteiger partial charge in [0.05, 0.1) is 11.8 Å². The van der Waals surface area contributed by atoms with Crippen LogP contribution in [0.5, 0.6) is 0 Å². The largest absolute Gasteiger partial charge is 0.352 e. The van der Waals surface area contributed by atoms with E-state index in [2.05, 4.69) is 10.6 Å². The lowest BCUT2D eigenvalue weighted by Crippen LogP contribution is -2.27. The minimum absolute atomic E-state index is 0.0718. The third-order valence-corrected chi connectivity index (χ3v) is 5.02. The number of hydrogen-bond acceptors (Lipinski definition) is 2. The molecule has 0 spiro atoms. The summed E-state index contributed by atoms with van der Waals surface area (Å²) in [4.78, 5) is 24.8. The Hall–Kier alpha value is -2.33. The molecule has 0 heterocycles. The zero-order valence-corrected chi connectivity index (χ0v) is 16.0. The van der Waals surface area contributed by atoms with E-state index in [-0.39, 0.29) is 23.7 Å². The molecule has 5 heteroatoms. The topological polar surface area (TPSA) is 58.2 Å². The molecule has 2 N–H and O–H groups in total. The molecule has 1 saturated carbocycles. The lowest BCUT2D eigenvalue weighted by atomic mass is 10.0. The molecule has 0 saturated heterocycles. The summed E-state index contributed by atoms with van der Waals surface area (Å²) in [6.07, 6.45) is 0.599. The van der Waals surface area contributed by atoms with Crippen LogP contribution in [-0.4, -0.2) is 11.8 Å². The van der Waals surface area contributed by atoms with E-state index in [9.17, 15) is 9.59 Å². The second-order valence-corrected chi connectivity index (χ2v) is 7.49. The number of aryl methyl sites for hydroxylation is 3. The van der Waals surface area contributed by atoms with Gasteiger partial charge < -0.3 is 10.6 Å². The van der Waals surface area contributed by atoms with Crippen molar-refractivity contribution in [1.29, 1.82) is 0 Å². The van der Waals surface area contributed by atoms with Crippen LogP contribution < -0.4 is 10.6 Å². The molecule has 2 aromatic carbocycles. The number of carbonyl (C=O) groups is 2. The van der Waals surface area contributed by atoms with Gasteiger partial charge in [0.1, 0.15) is 0 Å². The summed E-state index contributed by atoms with van der Waals surface area (Å²) in [5.41, 5.74) is 5.09. The van der Waals surface area contributed by atoms with Gasteiger partial charge in [-0.2, -0.15) is 0 Å². The fraction of sp³-hybridized carbons (Fsp3) is 0.333. The van der Waals surface area contributed by atoms with Gasteiger partial charge in [-0.25, -0.2) is 0 Å². The van der Waals surface area contributed by atoms with E-state index in [0.717, 1.165) is 22.4 Å². The van der Waals surface area contributed by atoms with Crippen LogP contribution in [0.25, 0.3) is 0 Å². The predicted octanol–water partition coefficient (Wildman–Crippen LogP) is 4.16. The Kier molecular flexibility index (Phi) is 5.33. The third kappa shape index (κ3) is 4.25. The summed E-state index contributed by atoms with van der Waals surface area (Å²) in [6.45, 7) is 6.45. The van der Waals surface area contributed by atoms with Gasteiger partial charge in [-0.05, 0) is 56.0 Å². The predicted molar refractivity (Wildman–Crippen MR) is 104 cm³/mol. The molecule has 1 aliphatic rings. The highest BCUT2D eigenvalue weighted by Crippen LogP contribution is 2.40. The quantitative estimate of drug-likeness (QED) is 0.830. The van der Waals surface area contributed by atoms with Gasteiger partial charge in [0, 0.05) is 17.3 Å². The van der Waals surface area contributed by atoms with Gasteiger partial charge in [-0.15, -0.1) is 0 Å². The maximum Gasteiger partial charge on any atom is 0.228 e. The molecule has 0 aromatic heterocycles. The van der Waals surface area contributed by atoms with Crippen molar-refractivity contribution in [3.05, 3.63) is 63.7 Å².